The van der Waals surface area contributed by atoms with Crippen molar-refractivity contribution in [1.29, 1.82) is 0 Å². The van der Waals surface area contributed by atoms with Crippen LogP contribution in [0.1, 0.15) is 45.9 Å². The summed E-state index contributed by atoms with van der Waals surface area (Å²) in [5, 5.41) is 10.0. The Balaban J connectivity index is 2.06. The number of hydrogen-bond donors (Lipinski definition) is 1. The Bertz CT molecular complexity index is 675. The van der Waals surface area contributed by atoms with Crippen LogP contribution in [0.4, 0.5) is 5.82 Å². The number of thiophene rings is 1. The molecule has 0 radical (unpaired) electrons. The standard InChI is InChI=1S/C15H19N3O2S/c1-4-20-15(19)12-10(3)17-18-11(5-7-16-14(12)18)13-9(2)6-8-21-13/h6,8,11,16H,4-5,7H2,1-3H3. The van der Waals surface area contributed by atoms with Gasteiger partial charge in [-0.1, -0.05) is 0 Å². The minimum atomic E-state index is -0.299. The molecule has 1 unspecified atom stereocenters. The van der Waals surface area contributed by atoms with E-state index >= 15 is 0 Å². The normalized spacial score (nSPS) is 17.2. The lowest BCUT2D eigenvalue weighted by Crippen LogP contribution is -2.25. The van der Waals surface area contributed by atoms with Crippen molar-refractivity contribution in [2.24, 2.45) is 0 Å². The summed E-state index contributed by atoms with van der Waals surface area (Å²) in [5.74, 6) is 0.488. The Kier molecular flexibility index (Phi) is 3.71. The van der Waals surface area contributed by atoms with Crippen LogP contribution in [0.25, 0.3) is 0 Å². The summed E-state index contributed by atoms with van der Waals surface area (Å²) < 4.78 is 7.10. The first-order chi connectivity index (χ1) is 10.1. The van der Waals surface area contributed by atoms with Crippen molar-refractivity contribution >= 4 is 23.1 Å². The minimum absolute atomic E-state index is 0.197. The van der Waals surface area contributed by atoms with Gasteiger partial charge in [0.15, 0.2) is 0 Å². The van der Waals surface area contributed by atoms with Gasteiger partial charge in [-0.15, -0.1) is 11.3 Å². The maximum atomic E-state index is 12.1. The summed E-state index contributed by atoms with van der Waals surface area (Å²) in [6.07, 6.45) is 0.970. The fraction of sp³-hybridized carbons (Fsp3) is 0.467. The predicted molar refractivity (Wildman–Crippen MR) is 83.2 cm³/mol. The summed E-state index contributed by atoms with van der Waals surface area (Å²) >= 11 is 1.75. The number of carbonyl (C=O) groups is 1. The number of anilines is 1. The molecule has 0 aliphatic carbocycles. The number of nitrogens with zero attached hydrogens (tertiary/aromatic N) is 2. The maximum Gasteiger partial charge on any atom is 0.343 e. The van der Waals surface area contributed by atoms with E-state index in [1.54, 1.807) is 11.3 Å². The van der Waals surface area contributed by atoms with E-state index in [1.807, 2.05) is 18.5 Å². The summed E-state index contributed by atoms with van der Waals surface area (Å²) in [7, 11) is 0. The van der Waals surface area contributed by atoms with E-state index in [2.05, 4.69) is 28.8 Å². The molecular formula is C15H19N3O2S. The Morgan fingerprint density at radius 2 is 2.38 bits per heavy atom. The lowest BCUT2D eigenvalue weighted by molar-refractivity contribution is 0.0526. The Morgan fingerprint density at radius 3 is 3.05 bits per heavy atom. The number of esters is 1. The first-order valence-electron chi connectivity index (χ1n) is 7.17. The van der Waals surface area contributed by atoms with E-state index < -0.39 is 0 Å². The molecule has 2 aromatic rings. The van der Waals surface area contributed by atoms with Crippen molar-refractivity contribution in [3.8, 4) is 0 Å². The zero-order chi connectivity index (χ0) is 15.0. The molecule has 0 saturated carbocycles. The molecule has 0 aromatic carbocycles. The number of ether oxygens (including phenoxy) is 1. The van der Waals surface area contributed by atoms with Crippen molar-refractivity contribution in [1.82, 2.24) is 9.78 Å². The molecule has 0 bridgehead atoms. The van der Waals surface area contributed by atoms with Gasteiger partial charge in [0, 0.05) is 11.4 Å². The quantitative estimate of drug-likeness (QED) is 0.885. The summed E-state index contributed by atoms with van der Waals surface area (Å²) in [6.45, 7) is 7.00. The average molecular weight is 305 g/mol. The van der Waals surface area contributed by atoms with Gasteiger partial charge in [0.25, 0.3) is 0 Å². The lowest BCUT2D eigenvalue weighted by Gasteiger charge is -2.26. The number of aryl methyl sites for hydroxylation is 2. The summed E-state index contributed by atoms with van der Waals surface area (Å²) in [5.41, 5.74) is 2.57. The highest BCUT2D eigenvalue weighted by Crippen LogP contribution is 2.36. The average Bonchev–Trinajstić information content (AvgIpc) is 3.01. The third-order valence-electron chi connectivity index (χ3n) is 3.77. The molecule has 0 amide bonds. The molecule has 6 heteroatoms. The van der Waals surface area contributed by atoms with Crippen LogP contribution in [-0.4, -0.2) is 28.9 Å². The molecule has 1 aliphatic heterocycles. The second kappa shape index (κ2) is 5.52. The van der Waals surface area contributed by atoms with Crippen LogP contribution in [0.2, 0.25) is 0 Å². The first kappa shape index (κ1) is 14.1. The van der Waals surface area contributed by atoms with E-state index in [0.717, 1.165) is 24.5 Å². The number of carbonyl (C=O) groups excluding carboxylic acids is 1. The number of hydrogen-bond acceptors (Lipinski definition) is 5. The molecule has 3 heterocycles. The van der Waals surface area contributed by atoms with E-state index in [1.165, 1.54) is 10.4 Å². The fourth-order valence-corrected chi connectivity index (χ4v) is 3.86. The molecule has 112 valence electrons. The molecule has 5 nitrogen and oxygen atoms in total. The van der Waals surface area contributed by atoms with Gasteiger partial charge in [-0.3, -0.25) is 0 Å². The molecule has 1 N–H and O–H groups in total. The topological polar surface area (TPSA) is 56.1 Å². The zero-order valence-electron chi connectivity index (χ0n) is 12.5. The van der Waals surface area contributed by atoms with Gasteiger partial charge in [0.1, 0.15) is 11.4 Å². The molecule has 21 heavy (non-hydrogen) atoms. The first-order valence-corrected chi connectivity index (χ1v) is 8.05. The number of aromatic nitrogens is 2. The predicted octanol–water partition coefficient (Wildman–Crippen LogP) is 3.14. The lowest BCUT2D eigenvalue weighted by atomic mass is 10.1. The largest absolute Gasteiger partial charge is 0.462 e. The van der Waals surface area contributed by atoms with Crippen LogP contribution in [0.5, 0.6) is 0 Å². The zero-order valence-corrected chi connectivity index (χ0v) is 13.3. The monoisotopic (exact) mass is 305 g/mol. The molecule has 2 aromatic heterocycles. The highest BCUT2D eigenvalue weighted by Gasteiger charge is 2.31. The third kappa shape index (κ3) is 2.33. The molecular weight excluding hydrogens is 286 g/mol. The van der Waals surface area contributed by atoms with Gasteiger partial charge in [-0.2, -0.15) is 5.10 Å². The molecule has 1 atom stereocenters. The Morgan fingerprint density at radius 1 is 1.57 bits per heavy atom. The second-order valence-electron chi connectivity index (χ2n) is 5.17. The molecule has 3 rings (SSSR count). The second-order valence-corrected chi connectivity index (χ2v) is 6.12. The van der Waals surface area contributed by atoms with Gasteiger partial charge in [0.2, 0.25) is 0 Å². The van der Waals surface area contributed by atoms with Gasteiger partial charge >= 0.3 is 5.97 Å². The van der Waals surface area contributed by atoms with E-state index in [4.69, 9.17) is 4.74 Å². The number of fused-ring (bicyclic) bond motifs is 1. The van der Waals surface area contributed by atoms with Crippen molar-refractivity contribution in [3.05, 3.63) is 33.1 Å². The number of rotatable bonds is 3. The summed E-state index contributed by atoms with van der Waals surface area (Å²) in [6, 6.07) is 2.33. The Labute approximate surface area is 127 Å². The van der Waals surface area contributed by atoms with E-state index in [-0.39, 0.29) is 12.0 Å². The van der Waals surface area contributed by atoms with Crippen molar-refractivity contribution in [2.75, 3.05) is 18.5 Å². The Hall–Kier alpha value is -1.82. The van der Waals surface area contributed by atoms with Crippen LogP contribution < -0.4 is 5.32 Å². The minimum Gasteiger partial charge on any atom is -0.462 e. The molecule has 0 saturated heterocycles. The molecule has 0 spiro atoms. The van der Waals surface area contributed by atoms with Crippen molar-refractivity contribution < 1.29 is 9.53 Å². The van der Waals surface area contributed by atoms with Crippen LogP contribution in [0, 0.1) is 13.8 Å². The fourth-order valence-electron chi connectivity index (χ4n) is 2.81. The van der Waals surface area contributed by atoms with E-state index in [0.29, 0.717) is 12.2 Å². The van der Waals surface area contributed by atoms with Gasteiger partial charge in [-0.05, 0) is 44.2 Å². The van der Waals surface area contributed by atoms with Gasteiger partial charge < -0.3 is 10.1 Å². The van der Waals surface area contributed by atoms with Crippen molar-refractivity contribution in [3.63, 3.8) is 0 Å². The molecule has 0 fully saturated rings. The number of nitrogens with one attached hydrogen (secondary N) is 1. The van der Waals surface area contributed by atoms with Crippen LogP contribution in [0.15, 0.2) is 11.4 Å². The SMILES string of the molecule is CCOC(=O)c1c(C)nn2c1NCCC2c1sccc1C. The summed E-state index contributed by atoms with van der Waals surface area (Å²) in [4.78, 5) is 13.5. The van der Waals surface area contributed by atoms with Gasteiger partial charge in [0.05, 0.1) is 18.3 Å². The van der Waals surface area contributed by atoms with E-state index in [9.17, 15) is 4.79 Å². The smallest absolute Gasteiger partial charge is 0.343 e. The highest BCUT2D eigenvalue weighted by molar-refractivity contribution is 7.10. The van der Waals surface area contributed by atoms with Crippen LogP contribution >= 0.6 is 11.3 Å². The van der Waals surface area contributed by atoms with Crippen LogP contribution in [-0.2, 0) is 4.74 Å². The highest BCUT2D eigenvalue weighted by atomic mass is 32.1. The third-order valence-corrected chi connectivity index (χ3v) is 4.89. The molecule has 1 aliphatic rings. The van der Waals surface area contributed by atoms with Crippen molar-refractivity contribution in [2.45, 2.75) is 33.2 Å². The maximum absolute atomic E-state index is 12.1. The van der Waals surface area contributed by atoms with Gasteiger partial charge in [-0.25, -0.2) is 9.48 Å². The van der Waals surface area contributed by atoms with Crippen LogP contribution in [0.3, 0.4) is 0 Å².